The number of amides is 1. The summed E-state index contributed by atoms with van der Waals surface area (Å²) in [7, 11) is 0. The SMILES string of the molecule is O=C(Nc1ccc(N2CCCN(Cc3ccc([N+](=O)[O-])cc3)CC2)nc1)c1ccccc1F. The summed E-state index contributed by atoms with van der Waals surface area (Å²) in [5.41, 5.74) is 1.63. The van der Waals surface area contributed by atoms with Crippen molar-refractivity contribution >= 4 is 23.1 Å². The van der Waals surface area contributed by atoms with Crippen LogP contribution in [0.2, 0.25) is 0 Å². The van der Waals surface area contributed by atoms with Crippen LogP contribution in [0, 0.1) is 15.9 Å². The highest BCUT2D eigenvalue weighted by atomic mass is 19.1. The van der Waals surface area contributed by atoms with Crippen molar-refractivity contribution in [2.24, 2.45) is 0 Å². The van der Waals surface area contributed by atoms with E-state index < -0.39 is 16.6 Å². The summed E-state index contributed by atoms with van der Waals surface area (Å²) < 4.78 is 13.8. The average molecular weight is 449 g/mol. The van der Waals surface area contributed by atoms with Gasteiger partial charge in [0.2, 0.25) is 0 Å². The van der Waals surface area contributed by atoms with Crippen LogP contribution in [-0.2, 0) is 6.54 Å². The van der Waals surface area contributed by atoms with Crippen LogP contribution in [0.15, 0.2) is 66.9 Å². The van der Waals surface area contributed by atoms with Gasteiger partial charge in [0.05, 0.1) is 22.4 Å². The van der Waals surface area contributed by atoms with Gasteiger partial charge in [-0.15, -0.1) is 0 Å². The number of nitro benzene ring substituents is 1. The molecule has 2 aromatic carbocycles. The maximum absolute atomic E-state index is 13.8. The Morgan fingerprint density at radius 3 is 2.52 bits per heavy atom. The predicted octanol–water partition coefficient (Wildman–Crippen LogP) is 4.09. The molecule has 1 aliphatic rings. The summed E-state index contributed by atoms with van der Waals surface area (Å²) in [6, 6.07) is 16.1. The minimum Gasteiger partial charge on any atom is -0.355 e. The van der Waals surface area contributed by atoms with Crippen LogP contribution in [0.3, 0.4) is 0 Å². The van der Waals surface area contributed by atoms with Gasteiger partial charge in [0.15, 0.2) is 0 Å². The van der Waals surface area contributed by atoms with Crippen molar-refractivity contribution in [2.75, 3.05) is 36.4 Å². The molecule has 0 bridgehead atoms. The maximum Gasteiger partial charge on any atom is 0.269 e. The number of pyridine rings is 1. The zero-order chi connectivity index (χ0) is 23.2. The third kappa shape index (κ3) is 5.69. The summed E-state index contributed by atoms with van der Waals surface area (Å²) in [6.45, 7) is 4.14. The molecule has 4 rings (SSSR count). The van der Waals surface area contributed by atoms with Crippen LogP contribution in [0.4, 0.5) is 21.6 Å². The fourth-order valence-electron chi connectivity index (χ4n) is 3.83. The molecule has 33 heavy (non-hydrogen) atoms. The van der Waals surface area contributed by atoms with Crippen molar-refractivity contribution in [1.82, 2.24) is 9.88 Å². The molecule has 1 aliphatic heterocycles. The largest absolute Gasteiger partial charge is 0.355 e. The number of halogens is 1. The van der Waals surface area contributed by atoms with Crippen LogP contribution in [0.5, 0.6) is 0 Å². The molecule has 0 unspecified atom stereocenters. The fourth-order valence-corrected chi connectivity index (χ4v) is 3.83. The molecule has 1 saturated heterocycles. The first-order valence-corrected chi connectivity index (χ1v) is 10.7. The minimum absolute atomic E-state index is 0.0118. The van der Waals surface area contributed by atoms with Gasteiger partial charge in [-0.3, -0.25) is 19.8 Å². The second kappa shape index (κ2) is 10.2. The lowest BCUT2D eigenvalue weighted by Gasteiger charge is -2.23. The lowest BCUT2D eigenvalue weighted by molar-refractivity contribution is -0.384. The van der Waals surface area contributed by atoms with E-state index >= 15 is 0 Å². The standard InChI is InChI=1S/C24H24FN5O3/c25-22-5-2-1-4-21(22)24(31)27-19-8-11-23(26-16-19)29-13-3-12-28(14-15-29)17-18-6-9-20(10-7-18)30(32)33/h1-2,4-11,16H,3,12-15,17H2,(H,27,31). The Hall–Kier alpha value is -3.85. The monoisotopic (exact) mass is 449 g/mol. The smallest absolute Gasteiger partial charge is 0.269 e. The first kappa shape index (κ1) is 22.3. The summed E-state index contributed by atoms with van der Waals surface area (Å²) >= 11 is 0. The van der Waals surface area contributed by atoms with Crippen LogP contribution in [0.25, 0.3) is 0 Å². The molecule has 8 nitrogen and oxygen atoms in total. The fraction of sp³-hybridized carbons (Fsp3) is 0.250. The first-order chi connectivity index (χ1) is 16.0. The van der Waals surface area contributed by atoms with Gasteiger partial charge in [0.25, 0.3) is 11.6 Å². The molecule has 0 spiro atoms. The van der Waals surface area contributed by atoms with E-state index in [4.69, 9.17) is 0 Å². The van der Waals surface area contributed by atoms with Crippen molar-refractivity contribution < 1.29 is 14.1 Å². The van der Waals surface area contributed by atoms with Crippen LogP contribution >= 0.6 is 0 Å². The number of nitro groups is 1. The third-order valence-electron chi connectivity index (χ3n) is 5.59. The van der Waals surface area contributed by atoms with Crippen LogP contribution in [0.1, 0.15) is 22.3 Å². The highest BCUT2D eigenvalue weighted by Gasteiger charge is 2.17. The molecule has 3 aromatic rings. The number of hydrogen-bond donors (Lipinski definition) is 1. The molecular formula is C24H24FN5O3. The predicted molar refractivity (Wildman–Crippen MR) is 124 cm³/mol. The maximum atomic E-state index is 13.8. The van der Waals surface area contributed by atoms with Gasteiger partial charge in [0.1, 0.15) is 11.6 Å². The zero-order valence-electron chi connectivity index (χ0n) is 18.0. The lowest BCUT2D eigenvalue weighted by atomic mass is 10.2. The zero-order valence-corrected chi connectivity index (χ0v) is 18.0. The van der Waals surface area contributed by atoms with Gasteiger partial charge >= 0.3 is 0 Å². The van der Waals surface area contributed by atoms with Crippen molar-refractivity contribution in [2.45, 2.75) is 13.0 Å². The lowest BCUT2D eigenvalue weighted by Crippen LogP contribution is -2.31. The van der Waals surface area contributed by atoms with E-state index in [9.17, 15) is 19.3 Å². The van der Waals surface area contributed by atoms with Gasteiger partial charge in [-0.2, -0.15) is 0 Å². The van der Waals surface area contributed by atoms with Gasteiger partial charge in [0, 0.05) is 44.9 Å². The van der Waals surface area contributed by atoms with Gasteiger partial charge < -0.3 is 10.2 Å². The molecule has 0 atom stereocenters. The second-order valence-corrected chi connectivity index (χ2v) is 7.88. The van der Waals surface area contributed by atoms with E-state index in [0.29, 0.717) is 5.69 Å². The van der Waals surface area contributed by atoms with E-state index in [1.54, 1.807) is 30.5 Å². The molecule has 1 N–H and O–H groups in total. The number of rotatable bonds is 6. The Kier molecular flexibility index (Phi) is 6.89. The Balaban J connectivity index is 1.33. The summed E-state index contributed by atoms with van der Waals surface area (Å²) in [6.07, 6.45) is 2.54. The van der Waals surface area contributed by atoms with Gasteiger partial charge in [-0.25, -0.2) is 9.37 Å². The Bertz CT molecular complexity index is 1120. The van der Waals surface area contributed by atoms with E-state index in [0.717, 1.165) is 50.5 Å². The summed E-state index contributed by atoms with van der Waals surface area (Å²) in [5.74, 6) is -0.266. The summed E-state index contributed by atoms with van der Waals surface area (Å²) in [4.78, 5) is 31.7. The molecule has 9 heteroatoms. The third-order valence-corrected chi connectivity index (χ3v) is 5.59. The van der Waals surface area contributed by atoms with Crippen molar-refractivity contribution in [3.8, 4) is 0 Å². The Morgan fingerprint density at radius 2 is 1.82 bits per heavy atom. The number of nitrogens with one attached hydrogen (secondary N) is 1. The Labute approximate surface area is 190 Å². The van der Waals surface area contributed by atoms with E-state index in [1.807, 2.05) is 6.07 Å². The Morgan fingerprint density at radius 1 is 1.03 bits per heavy atom. The number of anilines is 2. The number of benzene rings is 2. The first-order valence-electron chi connectivity index (χ1n) is 10.7. The number of nitrogens with zero attached hydrogens (tertiary/aromatic N) is 4. The minimum atomic E-state index is -0.567. The molecule has 170 valence electrons. The van der Waals surface area contributed by atoms with Crippen molar-refractivity contribution in [3.63, 3.8) is 0 Å². The number of non-ortho nitro benzene ring substituents is 1. The van der Waals surface area contributed by atoms with Crippen LogP contribution < -0.4 is 10.2 Å². The van der Waals surface area contributed by atoms with Crippen molar-refractivity contribution in [1.29, 1.82) is 0 Å². The normalized spacial score (nSPS) is 14.5. The molecule has 1 aromatic heterocycles. The van der Waals surface area contributed by atoms with E-state index in [2.05, 4.69) is 20.1 Å². The number of carbonyl (C=O) groups excluding carboxylic acids is 1. The summed E-state index contributed by atoms with van der Waals surface area (Å²) in [5, 5.41) is 13.5. The second-order valence-electron chi connectivity index (χ2n) is 7.88. The highest BCUT2D eigenvalue weighted by Crippen LogP contribution is 2.19. The molecular weight excluding hydrogens is 425 g/mol. The van der Waals surface area contributed by atoms with Crippen LogP contribution in [-0.4, -0.2) is 46.9 Å². The van der Waals surface area contributed by atoms with E-state index in [-0.39, 0.29) is 11.3 Å². The molecule has 1 fully saturated rings. The molecule has 0 aliphatic carbocycles. The van der Waals surface area contributed by atoms with E-state index in [1.165, 1.54) is 30.3 Å². The molecule has 0 saturated carbocycles. The number of hydrogen-bond acceptors (Lipinski definition) is 6. The topological polar surface area (TPSA) is 91.6 Å². The highest BCUT2D eigenvalue weighted by molar-refractivity contribution is 6.04. The van der Waals surface area contributed by atoms with Crippen molar-refractivity contribution in [3.05, 3.63) is 93.9 Å². The number of carbonyl (C=O) groups is 1. The quantitative estimate of drug-likeness (QED) is 0.450. The molecule has 2 heterocycles. The average Bonchev–Trinajstić information content (AvgIpc) is 3.06. The van der Waals surface area contributed by atoms with Gasteiger partial charge in [-0.1, -0.05) is 24.3 Å². The molecule has 1 amide bonds. The molecule has 0 radical (unpaired) electrons. The number of aromatic nitrogens is 1. The van der Waals surface area contributed by atoms with Gasteiger partial charge in [-0.05, 0) is 36.2 Å².